The number of aromatic nitrogens is 1. The molecule has 1 aromatic heterocycles. The molecule has 0 amide bonds. The Balaban J connectivity index is 1.92. The van der Waals surface area contributed by atoms with Crippen LogP contribution in [0.15, 0.2) is 18.3 Å². The fourth-order valence-electron chi connectivity index (χ4n) is 2.11. The summed E-state index contributed by atoms with van der Waals surface area (Å²) in [5.74, 6) is 0. The Labute approximate surface area is 107 Å². The fourth-order valence-corrected chi connectivity index (χ4v) is 2.11. The van der Waals surface area contributed by atoms with Crippen molar-refractivity contribution in [3.63, 3.8) is 0 Å². The quantitative estimate of drug-likeness (QED) is 0.725. The summed E-state index contributed by atoms with van der Waals surface area (Å²) < 4.78 is 0. The van der Waals surface area contributed by atoms with Gasteiger partial charge in [-0.25, -0.2) is 4.98 Å². The SMILES string of the molecule is N#CCN1CCN(Cc2cccnc2C#N)CC1. The first kappa shape index (κ1) is 12.5. The molecule has 0 saturated carbocycles. The summed E-state index contributed by atoms with van der Waals surface area (Å²) in [6.45, 7) is 4.95. The van der Waals surface area contributed by atoms with Crippen molar-refractivity contribution >= 4 is 0 Å². The van der Waals surface area contributed by atoms with Gasteiger partial charge in [-0.05, 0) is 6.07 Å². The van der Waals surface area contributed by atoms with Crippen LogP contribution >= 0.6 is 0 Å². The van der Waals surface area contributed by atoms with Gasteiger partial charge in [0.15, 0.2) is 0 Å². The third kappa shape index (κ3) is 3.04. The van der Waals surface area contributed by atoms with Crippen LogP contribution in [-0.2, 0) is 6.54 Å². The minimum atomic E-state index is 0.504. The van der Waals surface area contributed by atoms with Crippen molar-refractivity contribution in [2.45, 2.75) is 6.54 Å². The van der Waals surface area contributed by atoms with Crippen molar-refractivity contribution in [2.24, 2.45) is 0 Å². The van der Waals surface area contributed by atoms with Gasteiger partial charge < -0.3 is 0 Å². The summed E-state index contributed by atoms with van der Waals surface area (Å²) in [4.78, 5) is 8.51. The van der Waals surface area contributed by atoms with Gasteiger partial charge in [0.05, 0.1) is 12.6 Å². The van der Waals surface area contributed by atoms with Crippen LogP contribution in [0.3, 0.4) is 0 Å². The molecule has 0 aromatic carbocycles. The van der Waals surface area contributed by atoms with Crippen molar-refractivity contribution in [1.29, 1.82) is 10.5 Å². The van der Waals surface area contributed by atoms with Crippen molar-refractivity contribution < 1.29 is 0 Å². The van der Waals surface area contributed by atoms with Crippen LogP contribution in [0.4, 0.5) is 0 Å². The Hall–Kier alpha value is -1.95. The Morgan fingerprint density at radius 2 is 1.89 bits per heavy atom. The second-order valence-electron chi connectivity index (χ2n) is 4.33. The topological polar surface area (TPSA) is 67.0 Å². The molecule has 1 aromatic rings. The lowest BCUT2D eigenvalue weighted by atomic mass is 10.1. The largest absolute Gasteiger partial charge is 0.296 e. The predicted molar refractivity (Wildman–Crippen MR) is 66.3 cm³/mol. The minimum Gasteiger partial charge on any atom is -0.296 e. The highest BCUT2D eigenvalue weighted by molar-refractivity contribution is 5.30. The molecule has 5 heteroatoms. The summed E-state index contributed by atoms with van der Waals surface area (Å²) >= 11 is 0. The monoisotopic (exact) mass is 241 g/mol. The van der Waals surface area contributed by atoms with Crippen LogP contribution in [0.2, 0.25) is 0 Å². The highest BCUT2D eigenvalue weighted by atomic mass is 15.3. The van der Waals surface area contributed by atoms with E-state index in [9.17, 15) is 0 Å². The first-order chi connectivity index (χ1) is 8.83. The van der Waals surface area contributed by atoms with Crippen LogP contribution in [0.25, 0.3) is 0 Å². The van der Waals surface area contributed by atoms with Gasteiger partial charge in [0.25, 0.3) is 0 Å². The summed E-state index contributed by atoms with van der Waals surface area (Å²) in [7, 11) is 0. The molecule has 0 atom stereocenters. The average molecular weight is 241 g/mol. The Morgan fingerprint density at radius 1 is 1.17 bits per heavy atom. The van der Waals surface area contributed by atoms with Crippen LogP contribution in [0, 0.1) is 22.7 Å². The lowest BCUT2D eigenvalue weighted by Crippen LogP contribution is -2.45. The second-order valence-corrected chi connectivity index (χ2v) is 4.33. The molecule has 0 spiro atoms. The van der Waals surface area contributed by atoms with Gasteiger partial charge in [-0.15, -0.1) is 0 Å². The molecule has 0 unspecified atom stereocenters. The highest BCUT2D eigenvalue weighted by Crippen LogP contribution is 2.10. The van der Waals surface area contributed by atoms with E-state index in [4.69, 9.17) is 10.5 Å². The molecule has 18 heavy (non-hydrogen) atoms. The number of nitriles is 2. The zero-order chi connectivity index (χ0) is 12.8. The lowest BCUT2D eigenvalue weighted by molar-refractivity contribution is 0.138. The molecule has 5 nitrogen and oxygen atoms in total. The maximum absolute atomic E-state index is 8.98. The van der Waals surface area contributed by atoms with Gasteiger partial charge in [-0.3, -0.25) is 9.80 Å². The first-order valence-electron chi connectivity index (χ1n) is 5.99. The Kier molecular flexibility index (Phi) is 4.25. The van der Waals surface area contributed by atoms with E-state index in [2.05, 4.69) is 26.9 Å². The number of rotatable bonds is 3. The summed E-state index contributed by atoms with van der Waals surface area (Å²) in [5.41, 5.74) is 1.49. The number of piperazine rings is 1. The zero-order valence-electron chi connectivity index (χ0n) is 10.2. The molecule has 2 heterocycles. The smallest absolute Gasteiger partial charge is 0.144 e. The van der Waals surface area contributed by atoms with E-state index in [1.807, 2.05) is 12.1 Å². The summed E-state index contributed by atoms with van der Waals surface area (Å²) in [5, 5.41) is 17.6. The molecule has 0 bridgehead atoms. The van der Waals surface area contributed by atoms with Gasteiger partial charge >= 0.3 is 0 Å². The molecule has 1 fully saturated rings. The van der Waals surface area contributed by atoms with E-state index in [1.165, 1.54) is 0 Å². The first-order valence-corrected chi connectivity index (χ1v) is 5.99. The number of nitrogens with zero attached hydrogens (tertiary/aromatic N) is 5. The molecular weight excluding hydrogens is 226 g/mol. The van der Waals surface area contributed by atoms with E-state index in [0.29, 0.717) is 12.2 Å². The summed E-state index contributed by atoms with van der Waals surface area (Å²) in [6.07, 6.45) is 1.65. The van der Waals surface area contributed by atoms with Crippen LogP contribution in [0.1, 0.15) is 11.3 Å². The minimum absolute atomic E-state index is 0.504. The molecule has 2 rings (SSSR count). The normalized spacial score (nSPS) is 17.0. The van der Waals surface area contributed by atoms with Gasteiger partial charge in [-0.1, -0.05) is 6.07 Å². The molecule has 1 aliphatic rings. The van der Waals surface area contributed by atoms with Crippen molar-refractivity contribution in [1.82, 2.24) is 14.8 Å². The molecule has 1 aliphatic heterocycles. The average Bonchev–Trinajstić information content (AvgIpc) is 2.42. The third-order valence-electron chi connectivity index (χ3n) is 3.15. The molecule has 0 N–H and O–H groups in total. The Bertz CT molecular complexity index is 477. The molecular formula is C13H15N5. The van der Waals surface area contributed by atoms with Gasteiger partial charge in [0, 0.05) is 44.5 Å². The van der Waals surface area contributed by atoms with Gasteiger partial charge in [-0.2, -0.15) is 10.5 Å². The molecule has 92 valence electrons. The number of hydrogen-bond acceptors (Lipinski definition) is 5. The number of hydrogen-bond donors (Lipinski definition) is 0. The zero-order valence-corrected chi connectivity index (χ0v) is 10.2. The van der Waals surface area contributed by atoms with E-state index < -0.39 is 0 Å². The number of pyridine rings is 1. The summed E-state index contributed by atoms with van der Waals surface area (Å²) in [6, 6.07) is 8.11. The van der Waals surface area contributed by atoms with Crippen LogP contribution < -0.4 is 0 Å². The second kappa shape index (κ2) is 6.11. The van der Waals surface area contributed by atoms with Crippen LogP contribution in [-0.4, -0.2) is 47.5 Å². The molecule has 0 aliphatic carbocycles. The fraction of sp³-hybridized carbons (Fsp3) is 0.462. The standard InChI is InChI=1S/C13H15N5/c14-3-5-17-6-8-18(9-7-17)11-12-2-1-4-16-13(12)10-15/h1-2,4H,5-9,11H2. The third-order valence-corrected chi connectivity index (χ3v) is 3.15. The maximum Gasteiger partial charge on any atom is 0.144 e. The van der Waals surface area contributed by atoms with E-state index in [1.54, 1.807) is 6.20 Å². The lowest BCUT2D eigenvalue weighted by Gasteiger charge is -2.33. The van der Waals surface area contributed by atoms with E-state index >= 15 is 0 Å². The maximum atomic E-state index is 8.98. The van der Waals surface area contributed by atoms with Crippen LogP contribution in [0.5, 0.6) is 0 Å². The molecule has 1 saturated heterocycles. The van der Waals surface area contributed by atoms with Crippen molar-refractivity contribution in [2.75, 3.05) is 32.7 Å². The van der Waals surface area contributed by atoms with Crippen molar-refractivity contribution in [3.8, 4) is 12.1 Å². The van der Waals surface area contributed by atoms with E-state index in [-0.39, 0.29) is 0 Å². The van der Waals surface area contributed by atoms with Crippen molar-refractivity contribution in [3.05, 3.63) is 29.6 Å². The van der Waals surface area contributed by atoms with Gasteiger partial charge in [0.2, 0.25) is 0 Å². The van der Waals surface area contributed by atoms with E-state index in [0.717, 1.165) is 38.3 Å². The highest BCUT2D eigenvalue weighted by Gasteiger charge is 2.17. The van der Waals surface area contributed by atoms with Gasteiger partial charge in [0.1, 0.15) is 11.8 Å². The molecule has 0 radical (unpaired) electrons. The predicted octanol–water partition coefficient (Wildman–Crippen LogP) is 0.594. The Morgan fingerprint density at radius 3 is 2.56 bits per heavy atom.